The van der Waals surface area contributed by atoms with Crippen LogP contribution in [0, 0.1) is 0 Å². The molecule has 0 spiro atoms. The predicted octanol–water partition coefficient (Wildman–Crippen LogP) is 3.34. The smallest absolute Gasteiger partial charge is 0.225 e. The van der Waals surface area contributed by atoms with Crippen molar-refractivity contribution in [2.75, 3.05) is 25.0 Å². The summed E-state index contributed by atoms with van der Waals surface area (Å²) in [5.74, 6) is 0.646. The highest BCUT2D eigenvalue weighted by molar-refractivity contribution is 7.13. The topological polar surface area (TPSA) is 61.0 Å². The average Bonchev–Trinajstić information content (AvgIpc) is 3.19. The first-order chi connectivity index (χ1) is 10.8. The molecule has 5 nitrogen and oxygen atoms in total. The Kier molecular flexibility index (Phi) is 5.24. The van der Waals surface area contributed by atoms with Crippen molar-refractivity contribution in [1.82, 2.24) is 15.1 Å². The number of rotatable bonds is 6. The van der Waals surface area contributed by atoms with E-state index in [1.807, 2.05) is 23.6 Å². The zero-order chi connectivity index (χ0) is 15.2. The molecule has 2 aromatic rings. The summed E-state index contributed by atoms with van der Waals surface area (Å²) in [6.07, 6.45) is 5.41. The number of carbonyl (C=O) groups is 1. The second-order valence-corrected chi connectivity index (χ2v) is 6.65. The zero-order valence-corrected chi connectivity index (χ0v) is 13.5. The van der Waals surface area contributed by atoms with E-state index < -0.39 is 0 Å². The standard InChI is InChI=1S/C16H22N4OS/c21-16(7-4-10-20-8-2-1-3-9-20)17-15-12-13(18-19-15)14-6-5-11-22-14/h5-6,11-12H,1-4,7-10H2,(H2,17,18,19,21). The van der Waals surface area contributed by atoms with Gasteiger partial charge in [0.05, 0.1) is 10.6 Å². The Morgan fingerprint density at radius 3 is 3.00 bits per heavy atom. The van der Waals surface area contributed by atoms with E-state index in [4.69, 9.17) is 0 Å². The van der Waals surface area contributed by atoms with Gasteiger partial charge in [-0.3, -0.25) is 9.89 Å². The molecular formula is C16H22N4OS. The largest absolute Gasteiger partial charge is 0.309 e. The van der Waals surface area contributed by atoms with E-state index in [0.717, 1.165) is 23.5 Å². The number of nitrogens with zero attached hydrogens (tertiary/aromatic N) is 2. The van der Waals surface area contributed by atoms with Crippen LogP contribution in [0.25, 0.3) is 10.6 Å². The maximum absolute atomic E-state index is 12.0. The van der Waals surface area contributed by atoms with Crippen molar-refractivity contribution in [3.63, 3.8) is 0 Å². The van der Waals surface area contributed by atoms with Gasteiger partial charge in [0, 0.05) is 12.5 Å². The number of hydrogen-bond donors (Lipinski definition) is 2. The highest BCUT2D eigenvalue weighted by Gasteiger charge is 2.11. The minimum absolute atomic E-state index is 0.0428. The number of anilines is 1. The maximum Gasteiger partial charge on any atom is 0.225 e. The average molecular weight is 318 g/mol. The summed E-state index contributed by atoms with van der Waals surface area (Å²) in [4.78, 5) is 15.6. The van der Waals surface area contributed by atoms with Crippen molar-refractivity contribution in [1.29, 1.82) is 0 Å². The second kappa shape index (κ2) is 7.56. The number of thiophene rings is 1. The monoisotopic (exact) mass is 318 g/mol. The lowest BCUT2D eigenvalue weighted by molar-refractivity contribution is -0.116. The van der Waals surface area contributed by atoms with Gasteiger partial charge >= 0.3 is 0 Å². The Labute approximate surface area is 134 Å². The summed E-state index contributed by atoms with van der Waals surface area (Å²) in [6.45, 7) is 3.39. The SMILES string of the molecule is O=C(CCCN1CCCCC1)Nc1cc(-c2cccs2)[nH]n1. The molecule has 1 aliphatic rings. The number of H-pyrrole nitrogens is 1. The normalized spacial score (nSPS) is 15.8. The number of nitrogens with one attached hydrogen (secondary N) is 2. The van der Waals surface area contributed by atoms with Gasteiger partial charge in [-0.2, -0.15) is 5.10 Å². The number of amides is 1. The number of hydrogen-bond acceptors (Lipinski definition) is 4. The highest BCUT2D eigenvalue weighted by Crippen LogP contribution is 2.24. The van der Waals surface area contributed by atoms with Gasteiger partial charge in [-0.15, -0.1) is 11.3 Å². The second-order valence-electron chi connectivity index (χ2n) is 5.70. The summed E-state index contributed by atoms with van der Waals surface area (Å²) in [5, 5.41) is 12.0. The fourth-order valence-corrected chi connectivity index (χ4v) is 3.49. The van der Waals surface area contributed by atoms with E-state index in [1.54, 1.807) is 11.3 Å². The third kappa shape index (κ3) is 4.18. The molecule has 22 heavy (non-hydrogen) atoms. The first-order valence-electron chi connectivity index (χ1n) is 7.93. The van der Waals surface area contributed by atoms with E-state index in [-0.39, 0.29) is 5.91 Å². The van der Waals surface area contributed by atoms with Crippen molar-refractivity contribution < 1.29 is 4.79 Å². The molecule has 0 saturated carbocycles. The van der Waals surface area contributed by atoms with Crippen LogP contribution in [0.5, 0.6) is 0 Å². The first-order valence-corrected chi connectivity index (χ1v) is 8.81. The Hall–Kier alpha value is -1.66. The lowest BCUT2D eigenvalue weighted by Gasteiger charge is -2.26. The van der Waals surface area contributed by atoms with Gasteiger partial charge in [-0.25, -0.2) is 0 Å². The van der Waals surface area contributed by atoms with Crippen LogP contribution in [0.3, 0.4) is 0 Å². The highest BCUT2D eigenvalue weighted by atomic mass is 32.1. The molecule has 0 bridgehead atoms. The van der Waals surface area contributed by atoms with Gasteiger partial charge in [0.1, 0.15) is 0 Å². The van der Waals surface area contributed by atoms with Gasteiger partial charge in [0.2, 0.25) is 5.91 Å². The van der Waals surface area contributed by atoms with Crippen molar-refractivity contribution >= 4 is 23.1 Å². The number of likely N-dealkylation sites (tertiary alicyclic amines) is 1. The van der Waals surface area contributed by atoms with Crippen molar-refractivity contribution in [3.8, 4) is 10.6 Å². The molecule has 0 aliphatic carbocycles. The molecule has 3 heterocycles. The van der Waals surface area contributed by atoms with Crippen LogP contribution in [0.1, 0.15) is 32.1 Å². The lowest BCUT2D eigenvalue weighted by atomic mass is 10.1. The Morgan fingerprint density at radius 2 is 2.23 bits per heavy atom. The van der Waals surface area contributed by atoms with Gasteiger partial charge < -0.3 is 10.2 Å². The fraction of sp³-hybridized carbons (Fsp3) is 0.500. The quantitative estimate of drug-likeness (QED) is 0.858. The molecule has 1 aliphatic heterocycles. The number of aromatic nitrogens is 2. The summed E-state index contributed by atoms with van der Waals surface area (Å²) in [6, 6.07) is 5.91. The van der Waals surface area contributed by atoms with Crippen molar-refractivity contribution in [2.24, 2.45) is 0 Å². The Bertz CT molecular complexity index is 587. The number of piperidine rings is 1. The summed E-state index contributed by atoms with van der Waals surface area (Å²) < 4.78 is 0. The molecule has 0 aromatic carbocycles. The third-order valence-electron chi connectivity index (χ3n) is 3.96. The maximum atomic E-state index is 12.0. The molecule has 0 unspecified atom stereocenters. The predicted molar refractivity (Wildman–Crippen MR) is 90.1 cm³/mol. The Morgan fingerprint density at radius 1 is 1.36 bits per heavy atom. The van der Waals surface area contributed by atoms with Gasteiger partial charge in [-0.1, -0.05) is 12.5 Å². The van der Waals surface area contributed by atoms with Crippen LogP contribution in [0.15, 0.2) is 23.6 Å². The summed E-state index contributed by atoms with van der Waals surface area (Å²) in [7, 11) is 0. The fourth-order valence-electron chi connectivity index (χ4n) is 2.80. The van der Waals surface area contributed by atoms with Gasteiger partial charge in [-0.05, 0) is 50.3 Å². The molecule has 3 rings (SSSR count). The molecule has 1 saturated heterocycles. The molecule has 2 N–H and O–H groups in total. The van der Waals surface area contributed by atoms with Crippen LogP contribution >= 0.6 is 11.3 Å². The molecule has 1 amide bonds. The molecule has 1 fully saturated rings. The van der Waals surface area contributed by atoms with Crippen molar-refractivity contribution in [3.05, 3.63) is 23.6 Å². The Balaban J connectivity index is 1.42. The minimum atomic E-state index is 0.0428. The molecule has 6 heteroatoms. The minimum Gasteiger partial charge on any atom is -0.309 e. The van der Waals surface area contributed by atoms with Gasteiger partial charge in [0.15, 0.2) is 5.82 Å². The first kappa shape index (κ1) is 15.2. The molecule has 2 aromatic heterocycles. The van der Waals surface area contributed by atoms with Crippen LogP contribution in [-0.4, -0.2) is 40.6 Å². The zero-order valence-electron chi connectivity index (χ0n) is 12.7. The number of carbonyl (C=O) groups excluding carboxylic acids is 1. The molecule has 0 radical (unpaired) electrons. The molecule has 0 atom stereocenters. The van der Waals surface area contributed by atoms with Crippen LogP contribution in [-0.2, 0) is 4.79 Å². The summed E-state index contributed by atoms with van der Waals surface area (Å²) in [5.41, 5.74) is 0.943. The van der Waals surface area contributed by atoms with Crippen LogP contribution in [0.2, 0.25) is 0 Å². The van der Waals surface area contributed by atoms with E-state index in [0.29, 0.717) is 12.2 Å². The van der Waals surface area contributed by atoms with E-state index in [9.17, 15) is 4.79 Å². The van der Waals surface area contributed by atoms with Crippen molar-refractivity contribution in [2.45, 2.75) is 32.1 Å². The van der Waals surface area contributed by atoms with E-state index in [2.05, 4.69) is 20.4 Å². The lowest BCUT2D eigenvalue weighted by Crippen LogP contribution is -2.31. The van der Waals surface area contributed by atoms with Crippen LogP contribution in [0.4, 0.5) is 5.82 Å². The third-order valence-corrected chi connectivity index (χ3v) is 4.86. The van der Waals surface area contributed by atoms with Crippen LogP contribution < -0.4 is 5.32 Å². The van der Waals surface area contributed by atoms with E-state index in [1.165, 1.54) is 32.4 Å². The van der Waals surface area contributed by atoms with Gasteiger partial charge in [0.25, 0.3) is 0 Å². The van der Waals surface area contributed by atoms with E-state index >= 15 is 0 Å². The molecular weight excluding hydrogens is 296 g/mol. The molecule has 118 valence electrons. The summed E-state index contributed by atoms with van der Waals surface area (Å²) >= 11 is 1.65. The number of aromatic amines is 1.